The van der Waals surface area contributed by atoms with Crippen LogP contribution >= 0.6 is 0 Å². The van der Waals surface area contributed by atoms with Gasteiger partial charge in [-0.15, -0.1) is 0 Å². The van der Waals surface area contributed by atoms with E-state index in [-0.39, 0.29) is 5.60 Å². The molecule has 0 fully saturated rings. The first-order chi connectivity index (χ1) is 5.49. The third-order valence-corrected chi connectivity index (χ3v) is 2.92. The smallest absolute Gasteiger partial charge is 0.0665 e. The first kappa shape index (κ1) is 11.9. The largest absolute Gasteiger partial charge is 0.378 e. The number of hydrogen-bond acceptors (Lipinski definition) is 2. The van der Waals surface area contributed by atoms with Crippen LogP contribution in [0.15, 0.2) is 0 Å². The predicted octanol–water partition coefficient (Wildman–Crippen LogP) is 2.05. The Morgan fingerprint density at radius 2 is 1.92 bits per heavy atom. The lowest BCUT2D eigenvalue weighted by Gasteiger charge is -2.36. The van der Waals surface area contributed by atoms with Crippen LogP contribution in [0.25, 0.3) is 0 Å². The van der Waals surface area contributed by atoms with Gasteiger partial charge < -0.3 is 10.1 Å². The zero-order valence-electron chi connectivity index (χ0n) is 9.27. The van der Waals surface area contributed by atoms with Crippen LogP contribution in [0.1, 0.15) is 34.1 Å². The average molecular weight is 173 g/mol. The Labute approximate surface area is 76.7 Å². The maximum absolute atomic E-state index is 5.47. The lowest BCUT2D eigenvalue weighted by atomic mass is 9.83. The highest BCUT2D eigenvalue weighted by Gasteiger charge is 2.31. The lowest BCUT2D eigenvalue weighted by Crippen LogP contribution is -2.44. The highest BCUT2D eigenvalue weighted by Crippen LogP contribution is 2.26. The number of hydrogen-bond donors (Lipinski definition) is 1. The molecule has 0 aromatic rings. The minimum Gasteiger partial charge on any atom is -0.378 e. The van der Waals surface area contributed by atoms with E-state index in [1.165, 1.54) is 0 Å². The molecule has 0 aliphatic rings. The maximum Gasteiger partial charge on any atom is 0.0665 e. The molecule has 12 heavy (non-hydrogen) atoms. The van der Waals surface area contributed by atoms with E-state index < -0.39 is 0 Å². The Hall–Kier alpha value is -0.0800. The second kappa shape index (κ2) is 4.83. The summed E-state index contributed by atoms with van der Waals surface area (Å²) in [5.41, 5.74) is -0.0306. The van der Waals surface area contributed by atoms with Crippen LogP contribution in [0, 0.1) is 5.92 Å². The summed E-state index contributed by atoms with van der Waals surface area (Å²) in [6.45, 7) is 8.71. The standard InChI is InChI=1S/C10H23NO/c1-7-9(8(2)11-5)10(3,4)12-6/h8-9,11H,7H2,1-6H3. The molecule has 74 valence electrons. The molecule has 2 unspecified atom stereocenters. The fourth-order valence-corrected chi connectivity index (χ4v) is 1.80. The SMILES string of the molecule is CCC(C(C)NC)C(C)(C)OC. The fourth-order valence-electron chi connectivity index (χ4n) is 1.80. The van der Waals surface area contributed by atoms with Crippen LogP contribution in [0.4, 0.5) is 0 Å². The molecule has 0 aromatic heterocycles. The highest BCUT2D eigenvalue weighted by molar-refractivity contribution is 4.84. The maximum atomic E-state index is 5.47. The Kier molecular flexibility index (Phi) is 4.80. The number of nitrogens with one attached hydrogen (secondary N) is 1. The second-order valence-electron chi connectivity index (χ2n) is 3.90. The van der Waals surface area contributed by atoms with E-state index in [1.807, 2.05) is 7.05 Å². The summed E-state index contributed by atoms with van der Waals surface area (Å²) in [5, 5.41) is 3.28. The number of rotatable bonds is 5. The molecule has 0 amide bonds. The molecule has 1 N–H and O–H groups in total. The zero-order valence-corrected chi connectivity index (χ0v) is 9.27. The Morgan fingerprint density at radius 3 is 2.17 bits per heavy atom. The molecule has 0 rings (SSSR count). The Morgan fingerprint density at radius 1 is 1.42 bits per heavy atom. The van der Waals surface area contributed by atoms with E-state index in [1.54, 1.807) is 7.11 Å². The molecule has 0 radical (unpaired) electrons. The fraction of sp³-hybridized carbons (Fsp3) is 1.00. The van der Waals surface area contributed by atoms with Gasteiger partial charge in [0.2, 0.25) is 0 Å². The van der Waals surface area contributed by atoms with E-state index >= 15 is 0 Å². The number of ether oxygens (including phenoxy) is 1. The Balaban J connectivity index is 4.32. The molecular formula is C10H23NO. The van der Waals surface area contributed by atoms with Crippen LogP contribution < -0.4 is 5.32 Å². The van der Waals surface area contributed by atoms with Crippen molar-refractivity contribution in [3.63, 3.8) is 0 Å². The second-order valence-corrected chi connectivity index (χ2v) is 3.90. The summed E-state index contributed by atoms with van der Waals surface area (Å²) in [5.74, 6) is 0.562. The third-order valence-electron chi connectivity index (χ3n) is 2.92. The monoisotopic (exact) mass is 173 g/mol. The van der Waals surface area contributed by atoms with Gasteiger partial charge in [0.25, 0.3) is 0 Å². The van der Waals surface area contributed by atoms with Crippen LogP contribution in [-0.4, -0.2) is 25.8 Å². The van der Waals surface area contributed by atoms with E-state index in [9.17, 15) is 0 Å². The molecule has 0 bridgehead atoms. The molecule has 2 heteroatoms. The molecule has 0 saturated carbocycles. The third kappa shape index (κ3) is 2.76. The normalized spacial score (nSPS) is 17.5. The van der Waals surface area contributed by atoms with Crippen molar-refractivity contribution in [1.82, 2.24) is 5.32 Å². The number of methoxy groups -OCH3 is 1. The quantitative estimate of drug-likeness (QED) is 0.687. The molecule has 0 aromatic carbocycles. The van der Waals surface area contributed by atoms with Crippen LogP contribution in [0.2, 0.25) is 0 Å². The van der Waals surface area contributed by atoms with E-state index in [0.717, 1.165) is 6.42 Å². The van der Waals surface area contributed by atoms with Crippen molar-refractivity contribution in [2.45, 2.75) is 45.8 Å². The van der Waals surface area contributed by atoms with Gasteiger partial charge in [0.05, 0.1) is 5.60 Å². The van der Waals surface area contributed by atoms with Gasteiger partial charge in [-0.25, -0.2) is 0 Å². The summed E-state index contributed by atoms with van der Waals surface area (Å²) >= 11 is 0. The summed E-state index contributed by atoms with van der Waals surface area (Å²) in [6, 6.07) is 0.505. The van der Waals surface area contributed by atoms with Crippen LogP contribution in [0.5, 0.6) is 0 Å². The predicted molar refractivity (Wildman–Crippen MR) is 53.4 cm³/mol. The molecule has 0 aliphatic carbocycles. The first-order valence-corrected chi connectivity index (χ1v) is 4.72. The first-order valence-electron chi connectivity index (χ1n) is 4.72. The van der Waals surface area contributed by atoms with Crippen molar-refractivity contribution in [3.8, 4) is 0 Å². The van der Waals surface area contributed by atoms with Gasteiger partial charge in [0, 0.05) is 19.1 Å². The van der Waals surface area contributed by atoms with E-state index in [2.05, 4.69) is 33.0 Å². The average Bonchev–Trinajstić information content (AvgIpc) is 2.05. The molecule has 0 spiro atoms. The van der Waals surface area contributed by atoms with Gasteiger partial charge in [-0.3, -0.25) is 0 Å². The summed E-state index contributed by atoms with van der Waals surface area (Å²) in [6.07, 6.45) is 1.14. The molecular weight excluding hydrogens is 150 g/mol. The van der Waals surface area contributed by atoms with Crippen molar-refractivity contribution in [1.29, 1.82) is 0 Å². The van der Waals surface area contributed by atoms with Crippen LogP contribution in [0.3, 0.4) is 0 Å². The van der Waals surface area contributed by atoms with Crippen molar-refractivity contribution in [2.24, 2.45) is 5.92 Å². The highest BCUT2D eigenvalue weighted by atomic mass is 16.5. The van der Waals surface area contributed by atoms with Gasteiger partial charge in [-0.05, 0) is 34.2 Å². The molecule has 0 aliphatic heterocycles. The molecule has 0 saturated heterocycles. The minimum absolute atomic E-state index is 0.0306. The van der Waals surface area contributed by atoms with Crippen molar-refractivity contribution < 1.29 is 4.74 Å². The summed E-state index contributed by atoms with van der Waals surface area (Å²) in [7, 11) is 3.78. The summed E-state index contributed by atoms with van der Waals surface area (Å²) < 4.78 is 5.47. The van der Waals surface area contributed by atoms with Crippen molar-refractivity contribution in [2.75, 3.05) is 14.2 Å². The van der Waals surface area contributed by atoms with Gasteiger partial charge in [0.15, 0.2) is 0 Å². The molecule has 2 atom stereocenters. The van der Waals surface area contributed by atoms with E-state index in [0.29, 0.717) is 12.0 Å². The Bertz CT molecular complexity index is 123. The van der Waals surface area contributed by atoms with E-state index in [4.69, 9.17) is 4.74 Å². The van der Waals surface area contributed by atoms with Gasteiger partial charge in [-0.1, -0.05) is 6.92 Å². The zero-order chi connectivity index (χ0) is 9.78. The molecule has 2 nitrogen and oxygen atoms in total. The topological polar surface area (TPSA) is 21.3 Å². The van der Waals surface area contributed by atoms with Gasteiger partial charge in [-0.2, -0.15) is 0 Å². The summed E-state index contributed by atoms with van der Waals surface area (Å²) in [4.78, 5) is 0. The van der Waals surface area contributed by atoms with Gasteiger partial charge >= 0.3 is 0 Å². The van der Waals surface area contributed by atoms with Crippen molar-refractivity contribution in [3.05, 3.63) is 0 Å². The molecule has 0 heterocycles. The minimum atomic E-state index is -0.0306. The van der Waals surface area contributed by atoms with Crippen LogP contribution in [-0.2, 0) is 4.74 Å². The lowest BCUT2D eigenvalue weighted by molar-refractivity contribution is -0.0393. The van der Waals surface area contributed by atoms with Crippen molar-refractivity contribution >= 4 is 0 Å². The van der Waals surface area contributed by atoms with Gasteiger partial charge in [0.1, 0.15) is 0 Å².